The summed E-state index contributed by atoms with van der Waals surface area (Å²) in [6.07, 6.45) is 0.888. The quantitative estimate of drug-likeness (QED) is 0.264. The summed E-state index contributed by atoms with van der Waals surface area (Å²) in [5.41, 5.74) is -0.455. The first-order valence-corrected chi connectivity index (χ1v) is 11.4. The Kier molecular flexibility index (Phi) is 7.15. The zero-order valence-corrected chi connectivity index (χ0v) is 17.6. The normalized spacial score (nSPS) is 11.1. The monoisotopic (exact) mass is 447 g/mol. The number of rotatable bonds is 9. The summed E-state index contributed by atoms with van der Waals surface area (Å²) in [5, 5.41) is 21.5. The number of non-ortho nitro benzene ring substituents is 1. The van der Waals surface area contributed by atoms with Crippen molar-refractivity contribution >= 4 is 55.5 Å². The van der Waals surface area contributed by atoms with Gasteiger partial charge in [-0.25, -0.2) is 8.42 Å². The molecule has 0 aliphatic carbocycles. The molecule has 0 atom stereocenters. The number of carbonyl (C=O) groups excluding carboxylic acids is 1. The van der Waals surface area contributed by atoms with E-state index in [-0.39, 0.29) is 22.3 Å². The van der Waals surface area contributed by atoms with E-state index in [1.807, 2.05) is 6.92 Å². The summed E-state index contributed by atoms with van der Waals surface area (Å²) in [6, 6.07) is 3.48. The number of amides is 1. The Labute approximate surface area is 169 Å². The molecular formula is C14H17N5O6S3. The number of nitro benzene ring substituents is 1. The zero-order chi connectivity index (χ0) is 20.9. The van der Waals surface area contributed by atoms with E-state index in [9.17, 15) is 23.3 Å². The van der Waals surface area contributed by atoms with Gasteiger partial charge in [0, 0.05) is 12.1 Å². The van der Waals surface area contributed by atoms with E-state index < -0.39 is 27.4 Å². The molecule has 0 aliphatic heterocycles. The molecule has 0 unspecified atom stereocenters. The van der Waals surface area contributed by atoms with Gasteiger partial charge in [0.1, 0.15) is 18.0 Å². The summed E-state index contributed by atoms with van der Waals surface area (Å²) in [6.45, 7) is 1.33. The van der Waals surface area contributed by atoms with E-state index >= 15 is 0 Å². The highest BCUT2D eigenvalue weighted by Crippen LogP contribution is 2.33. The average Bonchev–Trinajstić information content (AvgIpc) is 3.05. The Hall–Kier alpha value is -2.45. The molecule has 2 aromatic rings. The van der Waals surface area contributed by atoms with Gasteiger partial charge in [0.15, 0.2) is 4.34 Å². The number of nitro groups is 1. The van der Waals surface area contributed by atoms with Crippen LogP contribution in [0.3, 0.4) is 0 Å². The number of anilines is 2. The van der Waals surface area contributed by atoms with E-state index in [2.05, 4.69) is 15.5 Å². The van der Waals surface area contributed by atoms with Crippen molar-refractivity contribution in [2.45, 2.75) is 11.3 Å². The second-order valence-corrected chi connectivity index (χ2v) is 9.63. The molecule has 1 aromatic carbocycles. The molecule has 0 bridgehead atoms. The average molecular weight is 448 g/mol. The van der Waals surface area contributed by atoms with Crippen molar-refractivity contribution < 1.29 is 22.9 Å². The maximum atomic E-state index is 12.4. The standard InChI is InChI=1S/C14H17N5O6S3/c1-4-26-14-17-16-13(27-14)15-12(20)8-18(28(3,23)24)10-7-9(19(21)22)5-6-11(10)25-2/h5-7H,4,8H2,1-3H3,(H,15,16,20). The first-order chi connectivity index (χ1) is 13.2. The smallest absolute Gasteiger partial charge is 0.271 e. The molecule has 0 fully saturated rings. The molecular weight excluding hydrogens is 430 g/mol. The van der Waals surface area contributed by atoms with Crippen molar-refractivity contribution in [2.75, 3.05) is 35.3 Å². The Morgan fingerprint density at radius 2 is 2.14 bits per heavy atom. The van der Waals surface area contributed by atoms with Gasteiger partial charge in [-0.1, -0.05) is 30.0 Å². The fourth-order valence-corrected chi connectivity index (χ4v) is 4.62. The highest BCUT2D eigenvalue weighted by molar-refractivity contribution is 8.01. The number of thioether (sulfide) groups is 1. The SMILES string of the molecule is CCSc1nnc(NC(=O)CN(c2cc([N+](=O)[O-])ccc2OC)S(C)(=O)=O)s1. The molecule has 14 heteroatoms. The van der Waals surface area contributed by atoms with Crippen molar-refractivity contribution in [3.63, 3.8) is 0 Å². The van der Waals surface area contributed by atoms with E-state index in [4.69, 9.17) is 4.74 Å². The van der Waals surface area contributed by atoms with Crippen LogP contribution in [0, 0.1) is 10.1 Å². The minimum atomic E-state index is -3.95. The van der Waals surface area contributed by atoms with Crippen LogP contribution in [-0.4, -0.2) is 55.1 Å². The zero-order valence-electron chi connectivity index (χ0n) is 15.1. The fraction of sp³-hybridized carbons (Fsp3) is 0.357. The largest absolute Gasteiger partial charge is 0.495 e. The fourth-order valence-electron chi connectivity index (χ4n) is 2.10. The summed E-state index contributed by atoms with van der Waals surface area (Å²) in [4.78, 5) is 22.7. The number of hydrogen-bond donors (Lipinski definition) is 1. The van der Waals surface area contributed by atoms with Gasteiger partial charge in [-0.3, -0.25) is 24.5 Å². The predicted molar refractivity (Wildman–Crippen MR) is 107 cm³/mol. The highest BCUT2D eigenvalue weighted by Gasteiger charge is 2.26. The van der Waals surface area contributed by atoms with Crippen molar-refractivity contribution in [2.24, 2.45) is 0 Å². The third-order valence-electron chi connectivity index (χ3n) is 3.25. The van der Waals surface area contributed by atoms with E-state index in [0.717, 1.165) is 33.7 Å². The first kappa shape index (κ1) is 21.8. The van der Waals surface area contributed by atoms with Crippen LogP contribution in [0.15, 0.2) is 22.5 Å². The molecule has 0 spiro atoms. The van der Waals surface area contributed by atoms with Crippen LogP contribution in [-0.2, 0) is 14.8 Å². The highest BCUT2D eigenvalue weighted by atomic mass is 32.2. The van der Waals surface area contributed by atoms with Crippen LogP contribution in [0.1, 0.15) is 6.92 Å². The van der Waals surface area contributed by atoms with Gasteiger partial charge in [0.2, 0.25) is 21.1 Å². The Morgan fingerprint density at radius 3 is 2.71 bits per heavy atom. The number of nitrogens with one attached hydrogen (secondary N) is 1. The van der Waals surface area contributed by atoms with Crippen LogP contribution in [0.25, 0.3) is 0 Å². The molecule has 1 heterocycles. The maximum Gasteiger partial charge on any atom is 0.271 e. The lowest BCUT2D eigenvalue weighted by molar-refractivity contribution is -0.384. The molecule has 1 aromatic heterocycles. The molecule has 1 N–H and O–H groups in total. The number of hydrogen-bond acceptors (Lipinski definition) is 10. The van der Waals surface area contributed by atoms with Gasteiger partial charge in [-0.05, 0) is 11.8 Å². The molecule has 0 saturated carbocycles. The number of methoxy groups -OCH3 is 1. The molecule has 152 valence electrons. The molecule has 2 rings (SSSR count). The number of ether oxygens (including phenoxy) is 1. The lowest BCUT2D eigenvalue weighted by Gasteiger charge is -2.23. The van der Waals surface area contributed by atoms with E-state index in [1.54, 1.807) is 0 Å². The Balaban J connectivity index is 2.30. The number of benzene rings is 1. The van der Waals surface area contributed by atoms with Gasteiger partial charge in [-0.15, -0.1) is 10.2 Å². The van der Waals surface area contributed by atoms with Crippen molar-refractivity contribution in [3.8, 4) is 5.75 Å². The predicted octanol–water partition coefficient (Wildman–Crippen LogP) is 1.97. The minimum absolute atomic E-state index is 0.0707. The number of sulfonamides is 1. The first-order valence-electron chi connectivity index (χ1n) is 7.72. The van der Waals surface area contributed by atoms with Gasteiger partial charge < -0.3 is 4.74 Å². The summed E-state index contributed by atoms with van der Waals surface area (Å²) < 4.78 is 31.0. The molecule has 1 amide bonds. The second kappa shape index (κ2) is 9.16. The van der Waals surface area contributed by atoms with Crippen LogP contribution < -0.4 is 14.4 Å². The minimum Gasteiger partial charge on any atom is -0.495 e. The molecule has 0 saturated heterocycles. The Bertz CT molecular complexity index is 978. The second-order valence-electron chi connectivity index (χ2n) is 5.24. The maximum absolute atomic E-state index is 12.4. The lowest BCUT2D eigenvalue weighted by atomic mass is 10.2. The van der Waals surface area contributed by atoms with E-state index in [0.29, 0.717) is 4.34 Å². The van der Waals surface area contributed by atoms with Crippen LogP contribution in [0.5, 0.6) is 5.75 Å². The van der Waals surface area contributed by atoms with Gasteiger partial charge in [0.05, 0.1) is 18.3 Å². The van der Waals surface area contributed by atoms with Crippen LogP contribution >= 0.6 is 23.1 Å². The van der Waals surface area contributed by atoms with Gasteiger partial charge in [0.25, 0.3) is 5.69 Å². The lowest BCUT2D eigenvalue weighted by Crippen LogP contribution is -2.37. The van der Waals surface area contributed by atoms with Gasteiger partial charge >= 0.3 is 0 Å². The topological polar surface area (TPSA) is 145 Å². The molecule has 11 nitrogen and oxygen atoms in total. The molecule has 0 radical (unpaired) electrons. The van der Waals surface area contributed by atoms with Crippen molar-refractivity contribution in [1.29, 1.82) is 0 Å². The molecule has 0 aliphatic rings. The van der Waals surface area contributed by atoms with Crippen LogP contribution in [0.4, 0.5) is 16.5 Å². The van der Waals surface area contributed by atoms with E-state index in [1.165, 1.54) is 31.0 Å². The third kappa shape index (κ3) is 5.53. The van der Waals surface area contributed by atoms with Crippen molar-refractivity contribution in [3.05, 3.63) is 28.3 Å². The Morgan fingerprint density at radius 1 is 1.43 bits per heavy atom. The third-order valence-corrected chi connectivity index (χ3v) is 6.23. The summed E-state index contributed by atoms with van der Waals surface area (Å²) >= 11 is 2.61. The number of nitrogens with zero attached hydrogens (tertiary/aromatic N) is 4. The summed E-state index contributed by atoms with van der Waals surface area (Å²) in [5.74, 6) is 0.182. The summed E-state index contributed by atoms with van der Waals surface area (Å²) in [7, 11) is -2.66. The van der Waals surface area contributed by atoms with Crippen LogP contribution in [0.2, 0.25) is 0 Å². The molecule has 28 heavy (non-hydrogen) atoms. The van der Waals surface area contributed by atoms with Crippen molar-refractivity contribution in [1.82, 2.24) is 10.2 Å². The number of carbonyl (C=O) groups is 1. The van der Waals surface area contributed by atoms with Gasteiger partial charge in [-0.2, -0.15) is 0 Å². The number of aromatic nitrogens is 2.